The molecule has 33 heavy (non-hydrogen) atoms. The lowest BCUT2D eigenvalue weighted by molar-refractivity contribution is -0.137. The highest BCUT2D eigenvalue weighted by molar-refractivity contribution is 5.75. The Labute approximate surface area is 193 Å². The summed E-state index contributed by atoms with van der Waals surface area (Å²) in [5.41, 5.74) is 1.11. The summed E-state index contributed by atoms with van der Waals surface area (Å²) in [7, 11) is 0. The topological polar surface area (TPSA) is 44.4 Å². The molecule has 4 nitrogen and oxygen atoms in total. The van der Waals surface area contributed by atoms with E-state index in [0.29, 0.717) is 29.9 Å². The second-order valence-electron chi connectivity index (χ2n) is 9.42. The molecule has 2 aromatic carbocycles. The summed E-state index contributed by atoms with van der Waals surface area (Å²) >= 11 is 0. The number of benzene rings is 2. The Hall–Kier alpha value is -2.38. The van der Waals surface area contributed by atoms with Gasteiger partial charge in [-0.15, -0.1) is 0 Å². The maximum Gasteiger partial charge on any atom is 0.416 e. The quantitative estimate of drug-likeness (QED) is 0.606. The predicted octanol–water partition coefficient (Wildman–Crippen LogP) is 4.60. The maximum atomic E-state index is 12.8. The number of carbonyl (C=O) groups is 1. The van der Waals surface area contributed by atoms with Crippen LogP contribution in [0.15, 0.2) is 54.6 Å². The third-order valence-electron chi connectivity index (χ3n) is 6.79. The van der Waals surface area contributed by atoms with Crippen molar-refractivity contribution in [3.8, 4) is 0 Å². The number of likely N-dealkylation sites (tertiary alicyclic amines) is 1. The summed E-state index contributed by atoms with van der Waals surface area (Å²) in [4.78, 5) is 14.8. The van der Waals surface area contributed by atoms with Gasteiger partial charge in [-0.2, -0.15) is 13.2 Å². The number of nitrogens with one attached hydrogen (secondary N) is 2. The van der Waals surface area contributed by atoms with E-state index in [1.807, 2.05) is 6.07 Å². The lowest BCUT2D eigenvalue weighted by atomic mass is 9.79. The van der Waals surface area contributed by atoms with Gasteiger partial charge in [0.15, 0.2) is 0 Å². The van der Waals surface area contributed by atoms with Crippen LogP contribution in [0.2, 0.25) is 0 Å². The second-order valence-corrected chi connectivity index (χ2v) is 9.42. The molecular weight excluding hydrogens is 427 g/mol. The minimum Gasteiger partial charge on any atom is -0.352 e. The van der Waals surface area contributed by atoms with Crippen molar-refractivity contribution >= 4 is 5.91 Å². The molecule has 2 bridgehead atoms. The highest BCUT2D eigenvalue weighted by atomic mass is 19.4. The molecule has 0 aromatic heterocycles. The molecule has 2 fully saturated rings. The zero-order valence-corrected chi connectivity index (χ0v) is 18.8. The molecule has 2 heterocycles. The first-order valence-electron chi connectivity index (χ1n) is 11.8. The number of nitrogens with zero attached hydrogens (tertiary/aromatic N) is 1. The maximum absolute atomic E-state index is 12.8. The fourth-order valence-corrected chi connectivity index (χ4v) is 5.21. The Balaban J connectivity index is 1.20. The number of carbonyl (C=O) groups excluding carboxylic acids is 1. The van der Waals surface area contributed by atoms with E-state index in [0.717, 1.165) is 51.2 Å². The van der Waals surface area contributed by atoms with Crippen LogP contribution in [0.1, 0.15) is 42.4 Å². The van der Waals surface area contributed by atoms with E-state index in [4.69, 9.17) is 0 Å². The second kappa shape index (κ2) is 10.7. The van der Waals surface area contributed by atoms with E-state index >= 15 is 0 Å². The van der Waals surface area contributed by atoms with E-state index in [1.54, 1.807) is 6.07 Å². The van der Waals surface area contributed by atoms with Crippen LogP contribution in [0.25, 0.3) is 0 Å². The number of fused-ring (bicyclic) bond motifs is 2. The number of alkyl halides is 3. The van der Waals surface area contributed by atoms with Crippen LogP contribution in [0, 0.1) is 11.8 Å². The Kier molecular flexibility index (Phi) is 7.71. The van der Waals surface area contributed by atoms with Crippen LogP contribution in [0.4, 0.5) is 13.2 Å². The first-order valence-corrected chi connectivity index (χ1v) is 11.8. The molecule has 2 N–H and O–H groups in total. The highest BCUT2D eigenvalue weighted by Crippen LogP contribution is 2.31. The van der Waals surface area contributed by atoms with Gasteiger partial charge in [-0.25, -0.2) is 0 Å². The highest BCUT2D eigenvalue weighted by Gasteiger charge is 2.36. The van der Waals surface area contributed by atoms with Gasteiger partial charge in [-0.3, -0.25) is 9.69 Å². The van der Waals surface area contributed by atoms with E-state index in [1.165, 1.54) is 18.1 Å². The lowest BCUT2D eigenvalue weighted by Gasteiger charge is -2.46. The van der Waals surface area contributed by atoms with Crippen LogP contribution >= 0.6 is 0 Å². The lowest BCUT2D eigenvalue weighted by Crippen LogP contribution is -2.55. The molecule has 0 saturated carbocycles. The first kappa shape index (κ1) is 23.8. The summed E-state index contributed by atoms with van der Waals surface area (Å²) in [6.07, 6.45) is -1.03. The summed E-state index contributed by atoms with van der Waals surface area (Å²) in [5.74, 6) is 1.16. The number of rotatable bonds is 8. The Morgan fingerprint density at radius 2 is 1.85 bits per heavy atom. The van der Waals surface area contributed by atoms with Crippen LogP contribution in [0.5, 0.6) is 0 Å². The van der Waals surface area contributed by atoms with Crippen molar-refractivity contribution in [2.45, 2.75) is 51.0 Å². The van der Waals surface area contributed by atoms with E-state index in [2.05, 4.69) is 39.8 Å². The predicted molar refractivity (Wildman–Crippen MR) is 122 cm³/mol. The van der Waals surface area contributed by atoms with Crippen LogP contribution in [0.3, 0.4) is 0 Å². The average molecular weight is 460 g/mol. The van der Waals surface area contributed by atoms with Crippen LogP contribution < -0.4 is 10.6 Å². The molecule has 2 aromatic rings. The van der Waals surface area contributed by atoms with Gasteiger partial charge in [-0.1, -0.05) is 42.5 Å². The molecule has 2 aliphatic rings. The molecule has 178 valence electrons. The summed E-state index contributed by atoms with van der Waals surface area (Å²) < 4.78 is 38.5. The van der Waals surface area contributed by atoms with Gasteiger partial charge >= 0.3 is 6.18 Å². The smallest absolute Gasteiger partial charge is 0.352 e. The van der Waals surface area contributed by atoms with E-state index in [9.17, 15) is 18.0 Å². The molecule has 2 aliphatic heterocycles. The van der Waals surface area contributed by atoms with Gasteiger partial charge in [-0.05, 0) is 60.9 Å². The fourth-order valence-electron chi connectivity index (χ4n) is 5.21. The van der Waals surface area contributed by atoms with Gasteiger partial charge in [0.2, 0.25) is 5.91 Å². The Morgan fingerprint density at radius 3 is 2.64 bits per heavy atom. The van der Waals surface area contributed by atoms with Crippen molar-refractivity contribution in [2.24, 2.45) is 11.8 Å². The van der Waals surface area contributed by atoms with Crippen molar-refractivity contribution in [3.63, 3.8) is 0 Å². The molecule has 2 saturated heterocycles. The molecule has 7 heteroatoms. The minimum absolute atomic E-state index is 0.114. The minimum atomic E-state index is -4.37. The molecule has 0 spiro atoms. The summed E-state index contributed by atoms with van der Waals surface area (Å²) in [6.45, 7) is 4.32. The van der Waals surface area contributed by atoms with Gasteiger partial charge in [0.25, 0.3) is 0 Å². The number of amides is 1. The average Bonchev–Trinajstić information content (AvgIpc) is 2.79. The monoisotopic (exact) mass is 459 g/mol. The molecule has 0 radical (unpaired) electrons. The normalized spacial score (nSPS) is 23.3. The van der Waals surface area contributed by atoms with Crippen molar-refractivity contribution in [1.82, 2.24) is 15.5 Å². The molecular formula is C26H32F3N3O. The number of halogens is 3. The van der Waals surface area contributed by atoms with Crippen molar-refractivity contribution in [2.75, 3.05) is 19.6 Å². The fraction of sp³-hybridized carbons (Fsp3) is 0.500. The third kappa shape index (κ3) is 6.81. The summed E-state index contributed by atoms with van der Waals surface area (Å²) in [5, 5.41) is 6.45. The Morgan fingerprint density at radius 1 is 1.06 bits per heavy atom. The van der Waals surface area contributed by atoms with Crippen LogP contribution in [-0.4, -0.2) is 36.5 Å². The van der Waals surface area contributed by atoms with Crippen molar-refractivity contribution in [3.05, 3.63) is 71.3 Å². The van der Waals surface area contributed by atoms with E-state index < -0.39 is 11.7 Å². The van der Waals surface area contributed by atoms with Gasteiger partial charge in [0, 0.05) is 38.6 Å². The van der Waals surface area contributed by atoms with Gasteiger partial charge in [0.1, 0.15) is 0 Å². The number of piperidine rings is 2. The first-order chi connectivity index (χ1) is 15.9. The standard InChI is InChI=1S/C26H32F3N3O/c27-26(28,29)23-9-4-8-20(13-23)14-31-25(33)11-5-10-24-22-12-21(15-30-24)17-32(18-22)16-19-6-2-1-3-7-19/h1-4,6-9,13,21-22,24,30H,5,10-12,14-18H2,(H,31,33)/t21-,22+,24+/m0/s1. The SMILES string of the molecule is O=C(CCC[C@H]1NC[C@@H]2C[C@@H]1CN(Cc1ccccc1)C2)NCc1cccc(C(F)(F)F)c1. The molecule has 4 rings (SSSR count). The van der Waals surface area contributed by atoms with E-state index in [-0.39, 0.29) is 12.5 Å². The third-order valence-corrected chi connectivity index (χ3v) is 6.79. The number of hydrogen-bond donors (Lipinski definition) is 2. The van der Waals surface area contributed by atoms with Crippen molar-refractivity contribution < 1.29 is 18.0 Å². The molecule has 0 unspecified atom stereocenters. The zero-order valence-electron chi connectivity index (χ0n) is 18.8. The largest absolute Gasteiger partial charge is 0.416 e. The zero-order chi connectivity index (χ0) is 23.3. The number of hydrogen-bond acceptors (Lipinski definition) is 3. The molecule has 1 amide bonds. The van der Waals surface area contributed by atoms with Gasteiger partial charge in [0.05, 0.1) is 5.56 Å². The van der Waals surface area contributed by atoms with Gasteiger partial charge < -0.3 is 10.6 Å². The van der Waals surface area contributed by atoms with Crippen molar-refractivity contribution in [1.29, 1.82) is 0 Å². The molecule has 0 aliphatic carbocycles. The molecule has 3 atom stereocenters. The summed E-state index contributed by atoms with van der Waals surface area (Å²) in [6, 6.07) is 16.1. The Bertz CT molecular complexity index is 918. The van der Waals surface area contributed by atoms with Crippen LogP contribution in [-0.2, 0) is 24.1 Å².